The molecular formula is C17H25BrN2O. The fraction of sp³-hybridized carbons (Fsp3) is 0.647. The highest BCUT2D eigenvalue weighted by atomic mass is 79.9. The molecule has 2 fully saturated rings. The zero-order valence-electron chi connectivity index (χ0n) is 12.7. The maximum atomic E-state index is 6.16. The Balaban J connectivity index is 1.82. The highest BCUT2D eigenvalue weighted by Gasteiger charge is 2.33. The van der Waals surface area contributed by atoms with Crippen molar-refractivity contribution in [3.8, 4) is 5.75 Å². The summed E-state index contributed by atoms with van der Waals surface area (Å²) in [5.74, 6) is 2.69. The molecule has 2 N–H and O–H groups in total. The normalized spacial score (nSPS) is 19.8. The summed E-state index contributed by atoms with van der Waals surface area (Å²) in [6, 6.07) is 6.49. The van der Waals surface area contributed by atoms with Crippen molar-refractivity contribution >= 4 is 15.9 Å². The Labute approximate surface area is 136 Å². The number of hydrogen-bond acceptors (Lipinski definition) is 3. The highest BCUT2D eigenvalue weighted by molar-refractivity contribution is 9.10. The summed E-state index contributed by atoms with van der Waals surface area (Å²) in [5, 5.41) is 0. The van der Waals surface area contributed by atoms with Gasteiger partial charge >= 0.3 is 0 Å². The average Bonchev–Trinajstić information content (AvgIpc) is 3.37. The highest BCUT2D eigenvalue weighted by Crippen LogP contribution is 2.38. The molecule has 0 spiro atoms. The lowest BCUT2D eigenvalue weighted by Crippen LogP contribution is -2.37. The Morgan fingerprint density at radius 3 is 2.33 bits per heavy atom. The molecule has 0 amide bonds. The van der Waals surface area contributed by atoms with Crippen LogP contribution < -0.4 is 10.5 Å². The third-order valence-corrected chi connectivity index (χ3v) is 5.33. The van der Waals surface area contributed by atoms with Crippen molar-refractivity contribution in [2.45, 2.75) is 31.7 Å². The summed E-state index contributed by atoms with van der Waals surface area (Å²) >= 11 is 3.70. The summed E-state index contributed by atoms with van der Waals surface area (Å²) in [4.78, 5) is 2.62. The van der Waals surface area contributed by atoms with Crippen LogP contribution in [0, 0.1) is 11.8 Å². The predicted molar refractivity (Wildman–Crippen MR) is 89.5 cm³/mol. The Bertz CT molecular complexity index is 472. The molecule has 1 unspecified atom stereocenters. The average molecular weight is 353 g/mol. The van der Waals surface area contributed by atoms with Gasteiger partial charge in [0.1, 0.15) is 5.75 Å². The molecule has 21 heavy (non-hydrogen) atoms. The van der Waals surface area contributed by atoms with Gasteiger partial charge in [0.2, 0.25) is 0 Å². The molecule has 0 saturated heterocycles. The van der Waals surface area contributed by atoms with Gasteiger partial charge in [-0.3, -0.25) is 4.90 Å². The smallest absolute Gasteiger partial charge is 0.119 e. The maximum absolute atomic E-state index is 6.16. The molecule has 0 radical (unpaired) electrons. The minimum absolute atomic E-state index is 0.288. The lowest BCUT2D eigenvalue weighted by Gasteiger charge is -2.32. The van der Waals surface area contributed by atoms with Crippen LogP contribution in [-0.2, 0) is 0 Å². The molecule has 1 aromatic carbocycles. The summed E-state index contributed by atoms with van der Waals surface area (Å²) in [6.45, 7) is 3.05. The molecule has 1 atom stereocenters. The number of halogens is 1. The molecule has 3 nitrogen and oxygen atoms in total. The number of ether oxygens (including phenoxy) is 1. The molecule has 1 aromatic rings. The molecule has 0 heterocycles. The van der Waals surface area contributed by atoms with E-state index in [-0.39, 0.29) is 6.04 Å². The number of nitrogens with two attached hydrogens (primary N) is 1. The van der Waals surface area contributed by atoms with Gasteiger partial charge in [0.15, 0.2) is 0 Å². The van der Waals surface area contributed by atoms with E-state index in [4.69, 9.17) is 10.5 Å². The number of rotatable bonds is 8. The Morgan fingerprint density at radius 1 is 1.24 bits per heavy atom. The minimum Gasteiger partial charge on any atom is -0.497 e. The van der Waals surface area contributed by atoms with Gasteiger partial charge < -0.3 is 10.5 Å². The first-order chi connectivity index (χ1) is 10.2. The van der Waals surface area contributed by atoms with Crippen LogP contribution in [0.4, 0.5) is 0 Å². The Hall–Kier alpha value is -0.580. The van der Waals surface area contributed by atoms with Crippen molar-refractivity contribution in [3.05, 3.63) is 28.2 Å². The zero-order valence-corrected chi connectivity index (χ0v) is 14.3. The third-order valence-electron chi connectivity index (χ3n) is 4.61. The zero-order chi connectivity index (χ0) is 14.8. The fourth-order valence-electron chi connectivity index (χ4n) is 2.97. The van der Waals surface area contributed by atoms with Gasteiger partial charge in [-0.1, -0.05) is 15.9 Å². The van der Waals surface area contributed by atoms with Gasteiger partial charge in [0, 0.05) is 30.1 Å². The van der Waals surface area contributed by atoms with Crippen molar-refractivity contribution < 1.29 is 4.74 Å². The van der Waals surface area contributed by atoms with Crippen molar-refractivity contribution in [2.24, 2.45) is 17.6 Å². The summed E-state index contributed by atoms with van der Waals surface area (Å²) in [5.41, 5.74) is 7.42. The molecule has 4 heteroatoms. The predicted octanol–water partition coefficient (Wildman–Crippen LogP) is 3.58. The first kappa shape index (κ1) is 15.3. The van der Waals surface area contributed by atoms with Gasteiger partial charge in [-0.2, -0.15) is 0 Å². The first-order valence-corrected chi connectivity index (χ1v) is 8.78. The monoisotopic (exact) mass is 352 g/mol. The molecule has 2 saturated carbocycles. The van der Waals surface area contributed by atoms with E-state index in [1.807, 2.05) is 6.07 Å². The minimum atomic E-state index is 0.288. The van der Waals surface area contributed by atoms with Gasteiger partial charge in [0.05, 0.1) is 7.11 Å². The first-order valence-electron chi connectivity index (χ1n) is 7.98. The number of nitrogens with zero attached hydrogens (tertiary/aromatic N) is 1. The van der Waals surface area contributed by atoms with E-state index in [0.29, 0.717) is 6.54 Å². The van der Waals surface area contributed by atoms with E-state index in [1.54, 1.807) is 7.11 Å². The summed E-state index contributed by atoms with van der Waals surface area (Å²) < 4.78 is 6.53. The molecule has 2 aliphatic rings. The lowest BCUT2D eigenvalue weighted by molar-refractivity contribution is 0.184. The molecule has 0 aliphatic heterocycles. The number of benzene rings is 1. The second-order valence-electron chi connectivity index (χ2n) is 6.48. The van der Waals surface area contributed by atoms with Crippen molar-refractivity contribution in [1.29, 1.82) is 0 Å². The van der Waals surface area contributed by atoms with Crippen LogP contribution >= 0.6 is 15.9 Å². The van der Waals surface area contributed by atoms with Crippen molar-refractivity contribution in [3.63, 3.8) is 0 Å². The molecule has 116 valence electrons. The van der Waals surface area contributed by atoms with Gasteiger partial charge in [-0.15, -0.1) is 0 Å². The van der Waals surface area contributed by atoms with Crippen LogP contribution in [0.3, 0.4) is 0 Å². The van der Waals surface area contributed by atoms with Crippen LogP contribution in [-0.4, -0.2) is 31.6 Å². The third kappa shape index (κ3) is 3.99. The maximum Gasteiger partial charge on any atom is 0.119 e. The van der Waals surface area contributed by atoms with Crippen molar-refractivity contribution in [2.75, 3.05) is 26.7 Å². The second kappa shape index (κ2) is 6.67. The molecular weight excluding hydrogens is 328 g/mol. The topological polar surface area (TPSA) is 38.5 Å². The van der Waals surface area contributed by atoms with Crippen LogP contribution in [0.25, 0.3) is 0 Å². The van der Waals surface area contributed by atoms with E-state index >= 15 is 0 Å². The van der Waals surface area contributed by atoms with Crippen LogP contribution in [0.15, 0.2) is 22.7 Å². The SMILES string of the molecule is COc1ccc(Br)c(C(CN)N(CC2CC2)CC2CC2)c1. The van der Waals surface area contributed by atoms with E-state index in [2.05, 4.69) is 33.0 Å². The Morgan fingerprint density at radius 2 is 1.86 bits per heavy atom. The standard InChI is InChI=1S/C17H25BrN2O/c1-21-14-6-7-16(18)15(8-14)17(9-19)20(10-12-2-3-12)11-13-4-5-13/h6-8,12-13,17H,2-5,9-11,19H2,1H3. The van der Waals surface area contributed by atoms with Crippen LogP contribution in [0.5, 0.6) is 5.75 Å². The Kier molecular flexibility index (Phi) is 4.87. The van der Waals surface area contributed by atoms with Gasteiger partial charge in [0.25, 0.3) is 0 Å². The molecule has 0 aromatic heterocycles. The molecule has 2 aliphatic carbocycles. The van der Waals surface area contributed by atoms with Crippen LogP contribution in [0.2, 0.25) is 0 Å². The number of hydrogen-bond donors (Lipinski definition) is 1. The molecule has 3 rings (SSSR count). The van der Waals surface area contributed by atoms with Gasteiger partial charge in [-0.05, 0) is 61.3 Å². The summed E-state index contributed by atoms with van der Waals surface area (Å²) in [6.07, 6.45) is 5.55. The van der Waals surface area contributed by atoms with E-state index < -0.39 is 0 Å². The van der Waals surface area contributed by atoms with E-state index in [0.717, 1.165) is 22.1 Å². The van der Waals surface area contributed by atoms with E-state index in [1.165, 1.54) is 44.3 Å². The fourth-order valence-corrected chi connectivity index (χ4v) is 3.48. The van der Waals surface area contributed by atoms with Crippen LogP contribution in [0.1, 0.15) is 37.3 Å². The quantitative estimate of drug-likeness (QED) is 0.776. The van der Waals surface area contributed by atoms with E-state index in [9.17, 15) is 0 Å². The lowest BCUT2D eigenvalue weighted by atomic mass is 10.0. The molecule has 0 bridgehead atoms. The van der Waals surface area contributed by atoms with Crippen molar-refractivity contribution in [1.82, 2.24) is 4.90 Å². The largest absolute Gasteiger partial charge is 0.497 e. The number of methoxy groups -OCH3 is 1. The summed E-state index contributed by atoms with van der Waals surface area (Å²) in [7, 11) is 1.72. The van der Waals surface area contributed by atoms with Gasteiger partial charge in [-0.25, -0.2) is 0 Å². The second-order valence-corrected chi connectivity index (χ2v) is 7.33.